The van der Waals surface area contributed by atoms with Gasteiger partial charge in [-0.1, -0.05) is 17.7 Å². The number of rotatable bonds is 3. The predicted octanol–water partition coefficient (Wildman–Crippen LogP) is 2.63. The van der Waals surface area contributed by atoms with E-state index in [1.165, 1.54) is 5.56 Å². The molecule has 0 heterocycles. The Morgan fingerprint density at radius 2 is 1.88 bits per heavy atom. The molecule has 0 spiro atoms. The summed E-state index contributed by atoms with van der Waals surface area (Å²) in [4.78, 5) is 11.6. The normalized spacial score (nSPS) is 11.1. The highest BCUT2D eigenvalue weighted by Gasteiger charge is 2.13. The number of nitrogens with one attached hydrogen (secondary N) is 2. The number of amides is 1. The molecule has 0 radical (unpaired) electrons. The Morgan fingerprint density at radius 3 is 2.41 bits per heavy atom. The van der Waals surface area contributed by atoms with Crippen molar-refractivity contribution < 1.29 is 4.79 Å². The smallest absolute Gasteiger partial charge is 0.239 e. The third-order valence-corrected chi connectivity index (χ3v) is 2.34. The Labute approximate surface area is 104 Å². The van der Waals surface area contributed by atoms with Gasteiger partial charge in [0.1, 0.15) is 0 Å². The minimum absolute atomic E-state index is 0.0116. The average Bonchev–Trinajstić information content (AvgIpc) is 2.13. The molecule has 0 aliphatic heterocycles. The number of benzene rings is 1. The Balaban J connectivity index is 2.53. The predicted molar refractivity (Wildman–Crippen MR) is 72.3 cm³/mol. The lowest BCUT2D eigenvalue weighted by molar-refractivity contribution is -0.120. The Hall–Kier alpha value is -1.51. The fraction of sp³-hybridized carbons (Fsp3) is 0.500. The highest BCUT2D eigenvalue weighted by atomic mass is 16.2. The van der Waals surface area contributed by atoms with Crippen molar-refractivity contribution in [1.82, 2.24) is 5.32 Å². The van der Waals surface area contributed by atoms with E-state index in [0.717, 1.165) is 11.3 Å². The van der Waals surface area contributed by atoms with E-state index in [4.69, 9.17) is 0 Å². The third-order valence-electron chi connectivity index (χ3n) is 2.34. The lowest BCUT2D eigenvalue weighted by Gasteiger charge is -2.21. The number of anilines is 1. The van der Waals surface area contributed by atoms with E-state index in [1.807, 2.05) is 39.8 Å². The average molecular weight is 234 g/mol. The highest BCUT2D eigenvalue weighted by Crippen LogP contribution is 2.15. The first-order chi connectivity index (χ1) is 7.78. The first-order valence-corrected chi connectivity index (χ1v) is 5.90. The summed E-state index contributed by atoms with van der Waals surface area (Å²) in [5, 5.41) is 6.07. The second-order valence-electron chi connectivity index (χ2n) is 5.47. The summed E-state index contributed by atoms with van der Waals surface area (Å²) in [6.07, 6.45) is 0. The van der Waals surface area contributed by atoms with Crippen molar-refractivity contribution in [3.05, 3.63) is 29.3 Å². The summed E-state index contributed by atoms with van der Waals surface area (Å²) < 4.78 is 0. The van der Waals surface area contributed by atoms with Crippen LogP contribution in [0.4, 0.5) is 5.69 Å². The van der Waals surface area contributed by atoms with E-state index < -0.39 is 0 Å². The van der Waals surface area contributed by atoms with Crippen molar-refractivity contribution in [1.29, 1.82) is 0 Å². The van der Waals surface area contributed by atoms with Gasteiger partial charge in [0.25, 0.3) is 0 Å². The van der Waals surface area contributed by atoms with Gasteiger partial charge in [-0.15, -0.1) is 0 Å². The molecule has 0 atom stereocenters. The van der Waals surface area contributed by atoms with Crippen molar-refractivity contribution in [2.45, 2.75) is 40.2 Å². The van der Waals surface area contributed by atoms with Crippen molar-refractivity contribution >= 4 is 11.6 Å². The van der Waals surface area contributed by atoms with Gasteiger partial charge in [-0.05, 0) is 46.2 Å². The topological polar surface area (TPSA) is 41.1 Å². The molecule has 3 heteroatoms. The van der Waals surface area contributed by atoms with Crippen molar-refractivity contribution in [2.75, 3.05) is 11.9 Å². The Bertz CT molecular complexity index is 405. The van der Waals surface area contributed by atoms with Crippen molar-refractivity contribution in [3.8, 4) is 0 Å². The van der Waals surface area contributed by atoms with Crippen LogP contribution >= 0.6 is 0 Å². The molecule has 0 aliphatic rings. The minimum Gasteiger partial charge on any atom is -0.376 e. The molecule has 0 aliphatic carbocycles. The second kappa shape index (κ2) is 5.21. The monoisotopic (exact) mass is 234 g/mol. The van der Waals surface area contributed by atoms with Gasteiger partial charge in [0, 0.05) is 11.2 Å². The van der Waals surface area contributed by atoms with Gasteiger partial charge in [0.15, 0.2) is 0 Å². The van der Waals surface area contributed by atoms with Gasteiger partial charge in [-0.25, -0.2) is 0 Å². The molecule has 17 heavy (non-hydrogen) atoms. The fourth-order valence-electron chi connectivity index (χ4n) is 1.65. The van der Waals surface area contributed by atoms with Crippen LogP contribution in [0.25, 0.3) is 0 Å². The molecule has 0 saturated carbocycles. The third kappa shape index (κ3) is 4.89. The molecular formula is C14H22N2O. The lowest BCUT2D eigenvalue weighted by Crippen LogP contribution is -2.43. The van der Waals surface area contributed by atoms with Crippen LogP contribution in [-0.2, 0) is 4.79 Å². The number of carbonyl (C=O) groups excluding carboxylic acids is 1. The van der Waals surface area contributed by atoms with E-state index in [1.54, 1.807) is 0 Å². The van der Waals surface area contributed by atoms with E-state index in [9.17, 15) is 4.79 Å². The molecule has 1 aromatic carbocycles. The van der Waals surface area contributed by atoms with Crippen LogP contribution in [0.3, 0.4) is 0 Å². The van der Waals surface area contributed by atoms with Gasteiger partial charge in [0.05, 0.1) is 6.54 Å². The van der Waals surface area contributed by atoms with Crippen LogP contribution in [0.1, 0.15) is 31.9 Å². The van der Waals surface area contributed by atoms with Crippen LogP contribution < -0.4 is 10.6 Å². The summed E-state index contributed by atoms with van der Waals surface area (Å²) in [6, 6.07) is 6.15. The first-order valence-electron chi connectivity index (χ1n) is 5.90. The molecule has 0 fully saturated rings. The zero-order chi connectivity index (χ0) is 13.1. The van der Waals surface area contributed by atoms with Gasteiger partial charge in [-0.3, -0.25) is 4.79 Å². The summed E-state index contributed by atoms with van der Waals surface area (Å²) in [5.41, 5.74) is 3.22. The highest BCUT2D eigenvalue weighted by molar-refractivity contribution is 5.81. The second-order valence-corrected chi connectivity index (χ2v) is 5.47. The molecule has 1 rings (SSSR count). The van der Waals surface area contributed by atoms with E-state index in [2.05, 4.69) is 23.6 Å². The summed E-state index contributed by atoms with van der Waals surface area (Å²) in [5.74, 6) is 0.0116. The number of aryl methyl sites for hydroxylation is 2. The van der Waals surface area contributed by atoms with Crippen LogP contribution in [0.5, 0.6) is 0 Å². The molecular weight excluding hydrogens is 212 g/mol. The van der Waals surface area contributed by atoms with E-state index >= 15 is 0 Å². The maximum Gasteiger partial charge on any atom is 0.239 e. The van der Waals surface area contributed by atoms with Crippen LogP contribution in [0.15, 0.2) is 18.2 Å². The van der Waals surface area contributed by atoms with Gasteiger partial charge >= 0.3 is 0 Å². The van der Waals surface area contributed by atoms with Gasteiger partial charge in [0.2, 0.25) is 5.91 Å². The number of hydrogen-bond donors (Lipinski definition) is 2. The quantitative estimate of drug-likeness (QED) is 0.844. The summed E-state index contributed by atoms with van der Waals surface area (Å²) in [6.45, 7) is 10.3. The lowest BCUT2D eigenvalue weighted by atomic mass is 10.1. The molecule has 0 bridgehead atoms. The van der Waals surface area contributed by atoms with Gasteiger partial charge in [-0.2, -0.15) is 0 Å². The molecule has 0 saturated heterocycles. The molecule has 0 aromatic heterocycles. The molecule has 3 nitrogen and oxygen atoms in total. The number of hydrogen-bond acceptors (Lipinski definition) is 2. The molecule has 1 aromatic rings. The zero-order valence-electron chi connectivity index (χ0n) is 11.3. The first kappa shape index (κ1) is 13.6. The maximum atomic E-state index is 11.6. The molecule has 0 unspecified atom stereocenters. The van der Waals surface area contributed by atoms with E-state index in [-0.39, 0.29) is 11.4 Å². The van der Waals surface area contributed by atoms with E-state index in [0.29, 0.717) is 6.54 Å². The van der Waals surface area contributed by atoms with Crippen LogP contribution in [0.2, 0.25) is 0 Å². The zero-order valence-corrected chi connectivity index (χ0v) is 11.3. The van der Waals surface area contributed by atoms with Gasteiger partial charge < -0.3 is 10.6 Å². The van der Waals surface area contributed by atoms with Crippen molar-refractivity contribution in [3.63, 3.8) is 0 Å². The Kier molecular flexibility index (Phi) is 4.16. The maximum absolute atomic E-state index is 11.6. The standard InChI is InChI=1S/C14H22N2O/c1-10-6-7-12(11(2)8-10)15-9-13(17)16-14(3,4)5/h6-8,15H,9H2,1-5H3,(H,16,17). The molecule has 2 N–H and O–H groups in total. The van der Waals surface area contributed by atoms with Crippen molar-refractivity contribution in [2.24, 2.45) is 0 Å². The molecule has 94 valence electrons. The Morgan fingerprint density at radius 1 is 1.24 bits per heavy atom. The summed E-state index contributed by atoms with van der Waals surface area (Å²) >= 11 is 0. The number of carbonyl (C=O) groups is 1. The SMILES string of the molecule is Cc1ccc(NCC(=O)NC(C)(C)C)c(C)c1. The van der Waals surface area contributed by atoms with Crippen LogP contribution in [-0.4, -0.2) is 18.0 Å². The molecule has 1 amide bonds. The largest absolute Gasteiger partial charge is 0.376 e. The fourth-order valence-corrected chi connectivity index (χ4v) is 1.65. The van der Waals surface area contributed by atoms with Crippen LogP contribution in [0, 0.1) is 13.8 Å². The minimum atomic E-state index is -0.179. The summed E-state index contributed by atoms with van der Waals surface area (Å²) in [7, 11) is 0.